The van der Waals surface area contributed by atoms with E-state index in [1.165, 1.54) is 11.1 Å². The lowest BCUT2D eigenvalue weighted by Gasteiger charge is -2.13. The molecule has 0 amide bonds. The second-order valence-corrected chi connectivity index (χ2v) is 5.93. The van der Waals surface area contributed by atoms with Gasteiger partial charge in [0.05, 0.1) is 5.56 Å². The van der Waals surface area contributed by atoms with Crippen molar-refractivity contribution in [2.45, 2.75) is 47.0 Å². The SMILES string of the molecule is CCOCOc1ccc(C=O)c(O)c1CC=C(C)CCC=C(C)C. The first-order valence-electron chi connectivity index (χ1n) is 8.29. The van der Waals surface area contributed by atoms with Gasteiger partial charge in [0.1, 0.15) is 11.5 Å². The van der Waals surface area contributed by atoms with E-state index in [0.29, 0.717) is 30.6 Å². The molecule has 1 rings (SSSR count). The van der Waals surface area contributed by atoms with Crippen molar-refractivity contribution in [1.82, 2.24) is 0 Å². The molecule has 0 aliphatic rings. The Morgan fingerprint density at radius 3 is 2.58 bits per heavy atom. The highest BCUT2D eigenvalue weighted by molar-refractivity contribution is 5.81. The highest BCUT2D eigenvalue weighted by Gasteiger charge is 2.13. The zero-order valence-corrected chi connectivity index (χ0v) is 15.1. The third-order valence-corrected chi connectivity index (χ3v) is 3.65. The molecule has 0 aliphatic carbocycles. The molecule has 1 aromatic carbocycles. The van der Waals surface area contributed by atoms with E-state index in [1.54, 1.807) is 12.1 Å². The Kier molecular flexibility index (Phi) is 8.87. The van der Waals surface area contributed by atoms with E-state index in [-0.39, 0.29) is 18.1 Å². The van der Waals surface area contributed by atoms with Crippen LogP contribution in [0.2, 0.25) is 0 Å². The molecule has 0 spiro atoms. The summed E-state index contributed by atoms with van der Waals surface area (Å²) in [5, 5.41) is 10.3. The number of carbonyl (C=O) groups excluding carboxylic acids is 1. The Morgan fingerprint density at radius 2 is 1.96 bits per heavy atom. The molecule has 24 heavy (non-hydrogen) atoms. The van der Waals surface area contributed by atoms with E-state index in [1.807, 2.05) is 6.92 Å². The number of benzene rings is 1. The third-order valence-electron chi connectivity index (χ3n) is 3.65. The van der Waals surface area contributed by atoms with Gasteiger partial charge in [-0.3, -0.25) is 4.79 Å². The number of aldehydes is 1. The van der Waals surface area contributed by atoms with E-state index in [9.17, 15) is 9.90 Å². The van der Waals surface area contributed by atoms with Crippen LogP contribution in [-0.4, -0.2) is 24.8 Å². The summed E-state index contributed by atoms with van der Waals surface area (Å²) in [6.07, 6.45) is 7.40. The second-order valence-electron chi connectivity index (χ2n) is 5.93. The number of phenols is 1. The number of hydrogen-bond acceptors (Lipinski definition) is 4. The number of hydrogen-bond donors (Lipinski definition) is 1. The van der Waals surface area contributed by atoms with Crippen molar-refractivity contribution >= 4 is 6.29 Å². The van der Waals surface area contributed by atoms with E-state index < -0.39 is 0 Å². The lowest BCUT2D eigenvalue weighted by molar-refractivity contribution is 0.0218. The molecule has 4 nitrogen and oxygen atoms in total. The highest BCUT2D eigenvalue weighted by Crippen LogP contribution is 2.32. The van der Waals surface area contributed by atoms with Crippen molar-refractivity contribution in [3.05, 3.63) is 46.6 Å². The van der Waals surface area contributed by atoms with E-state index >= 15 is 0 Å². The summed E-state index contributed by atoms with van der Waals surface area (Å²) in [5.41, 5.74) is 3.43. The molecule has 1 N–H and O–H groups in total. The maximum atomic E-state index is 11.0. The van der Waals surface area contributed by atoms with Crippen LogP contribution in [0.15, 0.2) is 35.4 Å². The topological polar surface area (TPSA) is 55.8 Å². The second kappa shape index (κ2) is 10.7. The van der Waals surface area contributed by atoms with Crippen LogP contribution in [0.1, 0.15) is 56.5 Å². The predicted molar refractivity (Wildman–Crippen MR) is 96.7 cm³/mol. The van der Waals surface area contributed by atoms with Crippen molar-refractivity contribution in [2.75, 3.05) is 13.4 Å². The molecule has 0 unspecified atom stereocenters. The molecule has 1 aromatic rings. The Labute approximate surface area is 144 Å². The number of phenolic OH excluding ortho intramolecular Hbond substituents is 1. The molecule has 0 atom stereocenters. The van der Waals surface area contributed by atoms with Crippen molar-refractivity contribution in [1.29, 1.82) is 0 Å². The number of ether oxygens (including phenoxy) is 2. The minimum atomic E-state index is -0.0210. The quantitative estimate of drug-likeness (QED) is 0.289. The molecule has 4 heteroatoms. The average Bonchev–Trinajstić information content (AvgIpc) is 2.54. The summed E-state index contributed by atoms with van der Waals surface area (Å²) >= 11 is 0. The lowest BCUT2D eigenvalue weighted by atomic mass is 10.0. The van der Waals surface area contributed by atoms with Crippen molar-refractivity contribution < 1.29 is 19.4 Å². The van der Waals surface area contributed by atoms with Gasteiger partial charge in [-0.1, -0.05) is 23.3 Å². The summed E-state index contributed by atoms with van der Waals surface area (Å²) < 4.78 is 10.8. The van der Waals surface area contributed by atoms with Crippen LogP contribution in [0.3, 0.4) is 0 Å². The van der Waals surface area contributed by atoms with Crippen molar-refractivity contribution in [2.24, 2.45) is 0 Å². The van der Waals surface area contributed by atoms with Crippen LogP contribution < -0.4 is 4.74 Å². The Morgan fingerprint density at radius 1 is 1.21 bits per heavy atom. The first-order chi connectivity index (χ1) is 11.5. The van der Waals surface area contributed by atoms with E-state index in [0.717, 1.165) is 12.8 Å². The first-order valence-corrected chi connectivity index (χ1v) is 8.29. The van der Waals surface area contributed by atoms with Crippen LogP contribution in [0.5, 0.6) is 11.5 Å². The average molecular weight is 332 g/mol. The highest BCUT2D eigenvalue weighted by atomic mass is 16.7. The third kappa shape index (κ3) is 6.59. The van der Waals surface area contributed by atoms with Crippen molar-refractivity contribution in [3.63, 3.8) is 0 Å². The fraction of sp³-hybridized carbons (Fsp3) is 0.450. The maximum Gasteiger partial charge on any atom is 0.189 e. The van der Waals surface area contributed by atoms with Crippen LogP contribution in [-0.2, 0) is 11.2 Å². The zero-order valence-electron chi connectivity index (χ0n) is 15.1. The lowest BCUT2D eigenvalue weighted by Crippen LogP contribution is -2.05. The number of rotatable bonds is 10. The van der Waals surface area contributed by atoms with Crippen LogP contribution in [0.25, 0.3) is 0 Å². The molecular formula is C20H28O4. The standard InChI is InChI=1S/C20H28O4/c1-5-23-14-24-19-12-10-17(13-21)20(22)18(19)11-9-16(4)8-6-7-15(2)3/h7,9-10,12-13,22H,5-6,8,11,14H2,1-4H3. The summed E-state index contributed by atoms with van der Waals surface area (Å²) in [7, 11) is 0. The number of allylic oxidation sites excluding steroid dienone is 4. The molecule has 0 aromatic heterocycles. The molecule has 0 bridgehead atoms. The van der Waals surface area contributed by atoms with E-state index in [2.05, 4.69) is 32.9 Å². The predicted octanol–water partition coefficient (Wildman–Crippen LogP) is 4.81. The molecule has 0 saturated heterocycles. The molecule has 0 heterocycles. The van der Waals surface area contributed by atoms with Crippen LogP contribution >= 0.6 is 0 Å². The van der Waals surface area contributed by atoms with Gasteiger partial charge in [0.2, 0.25) is 0 Å². The van der Waals surface area contributed by atoms with Gasteiger partial charge in [0.15, 0.2) is 13.1 Å². The molecule has 132 valence electrons. The summed E-state index contributed by atoms with van der Waals surface area (Å²) in [4.78, 5) is 11.0. The normalized spacial score (nSPS) is 11.2. The van der Waals surface area contributed by atoms with E-state index in [4.69, 9.17) is 9.47 Å². The molecule has 0 aliphatic heterocycles. The smallest absolute Gasteiger partial charge is 0.189 e. The summed E-state index contributed by atoms with van der Waals surface area (Å²) in [5.74, 6) is 0.521. The monoisotopic (exact) mass is 332 g/mol. The Balaban J connectivity index is 2.89. The first kappa shape index (κ1) is 20.0. The minimum Gasteiger partial charge on any atom is -0.507 e. The van der Waals surface area contributed by atoms with Gasteiger partial charge in [-0.25, -0.2) is 0 Å². The maximum absolute atomic E-state index is 11.0. The van der Waals surface area contributed by atoms with Gasteiger partial charge in [0.25, 0.3) is 0 Å². The van der Waals surface area contributed by atoms with Crippen molar-refractivity contribution in [3.8, 4) is 11.5 Å². The Bertz CT molecular complexity index is 596. The van der Waals surface area contributed by atoms with Gasteiger partial charge in [-0.15, -0.1) is 0 Å². The zero-order chi connectivity index (χ0) is 17.9. The molecular weight excluding hydrogens is 304 g/mol. The van der Waals surface area contributed by atoms with Gasteiger partial charge in [-0.2, -0.15) is 0 Å². The molecule has 0 radical (unpaired) electrons. The minimum absolute atomic E-state index is 0.0210. The molecule has 0 saturated carbocycles. The Hall–Kier alpha value is -2.07. The van der Waals surface area contributed by atoms with Crippen LogP contribution in [0, 0.1) is 0 Å². The summed E-state index contributed by atoms with van der Waals surface area (Å²) in [6.45, 7) is 8.80. The molecule has 0 fully saturated rings. The van der Waals surface area contributed by atoms with Crippen LogP contribution in [0.4, 0.5) is 0 Å². The van der Waals surface area contributed by atoms with Gasteiger partial charge >= 0.3 is 0 Å². The fourth-order valence-corrected chi connectivity index (χ4v) is 2.22. The van der Waals surface area contributed by atoms with Gasteiger partial charge < -0.3 is 14.6 Å². The number of aromatic hydroxyl groups is 1. The number of carbonyl (C=O) groups is 1. The van der Waals surface area contributed by atoms with Gasteiger partial charge in [0, 0.05) is 12.2 Å². The largest absolute Gasteiger partial charge is 0.507 e. The summed E-state index contributed by atoms with van der Waals surface area (Å²) in [6, 6.07) is 3.25. The van der Waals surface area contributed by atoms with Gasteiger partial charge in [-0.05, 0) is 59.1 Å². The fourth-order valence-electron chi connectivity index (χ4n) is 2.22.